The average Bonchev–Trinajstić information content (AvgIpc) is 2.67. The van der Waals surface area contributed by atoms with Gasteiger partial charge in [-0.25, -0.2) is 0 Å². The standard InChI is InChI=1S/C21H27N3O2/c1-26-20-9-3-2-7-18(20)10-11-21(25)23-19-8-5-13-24(16-19)15-17-6-4-12-22-14-17/h2-4,6-7,9,12,14,19H,5,8,10-11,13,15-16H2,1H3,(H,23,25)/t19-/m1/s1. The van der Waals surface area contributed by atoms with E-state index in [1.807, 2.05) is 36.5 Å². The Morgan fingerprint density at radius 1 is 1.31 bits per heavy atom. The number of hydrogen-bond acceptors (Lipinski definition) is 4. The minimum Gasteiger partial charge on any atom is -0.496 e. The maximum absolute atomic E-state index is 12.4. The monoisotopic (exact) mass is 353 g/mol. The number of carbonyl (C=O) groups is 1. The van der Waals surface area contributed by atoms with Crippen LogP contribution in [0, 0.1) is 0 Å². The van der Waals surface area contributed by atoms with Gasteiger partial charge in [0, 0.05) is 37.9 Å². The fourth-order valence-corrected chi connectivity index (χ4v) is 3.52. The number of rotatable bonds is 7. The first kappa shape index (κ1) is 18.4. The molecule has 3 rings (SSSR count). The van der Waals surface area contributed by atoms with Gasteiger partial charge >= 0.3 is 0 Å². The fraction of sp³-hybridized carbons (Fsp3) is 0.429. The van der Waals surface area contributed by atoms with Crippen molar-refractivity contribution in [3.63, 3.8) is 0 Å². The van der Waals surface area contributed by atoms with Crippen LogP contribution in [0.2, 0.25) is 0 Å². The van der Waals surface area contributed by atoms with Gasteiger partial charge in [-0.2, -0.15) is 0 Å². The predicted molar refractivity (Wildman–Crippen MR) is 102 cm³/mol. The Labute approximate surface area is 155 Å². The normalized spacial score (nSPS) is 17.7. The summed E-state index contributed by atoms with van der Waals surface area (Å²) in [6, 6.07) is 12.2. The Bertz CT molecular complexity index is 705. The number of likely N-dealkylation sites (tertiary alicyclic amines) is 1. The number of amides is 1. The molecule has 0 radical (unpaired) electrons. The quantitative estimate of drug-likeness (QED) is 0.832. The second-order valence-electron chi connectivity index (χ2n) is 6.81. The van der Waals surface area contributed by atoms with Gasteiger partial charge in [0.1, 0.15) is 5.75 Å². The van der Waals surface area contributed by atoms with Crippen molar-refractivity contribution in [1.29, 1.82) is 0 Å². The molecule has 1 atom stereocenters. The van der Waals surface area contributed by atoms with Crippen LogP contribution in [0.3, 0.4) is 0 Å². The molecule has 0 aliphatic carbocycles. The van der Waals surface area contributed by atoms with Crippen LogP contribution in [-0.2, 0) is 17.8 Å². The molecular weight excluding hydrogens is 326 g/mol. The number of nitrogens with zero attached hydrogens (tertiary/aromatic N) is 2. The molecule has 0 bridgehead atoms. The Morgan fingerprint density at radius 2 is 2.19 bits per heavy atom. The summed E-state index contributed by atoms with van der Waals surface area (Å²) < 4.78 is 5.35. The van der Waals surface area contributed by atoms with Crippen LogP contribution in [0.25, 0.3) is 0 Å². The van der Waals surface area contributed by atoms with Gasteiger partial charge in [0.25, 0.3) is 0 Å². The first-order valence-corrected chi connectivity index (χ1v) is 9.27. The number of nitrogens with one attached hydrogen (secondary N) is 1. The second-order valence-corrected chi connectivity index (χ2v) is 6.81. The van der Waals surface area contributed by atoms with E-state index in [0.717, 1.165) is 43.8 Å². The molecule has 26 heavy (non-hydrogen) atoms. The lowest BCUT2D eigenvalue weighted by atomic mass is 10.0. The van der Waals surface area contributed by atoms with Gasteiger partial charge in [-0.1, -0.05) is 24.3 Å². The van der Waals surface area contributed by atoms with Gasteiger partial charge < -0.3 is 10.1 Å². The zero-order valence-corrected chi connectivity index (χ0v) is 15.4. The van der Waals surface area contributed by atoms with Crippen LogP contribution in [0.4, 0.5) is 0 Å². The van der Waals surface area contributed by atoms with Crippen LogP contribution in [0.5, 0.6) is 5.75 Å². The van der Waals surface area contributed by atoms with E-state index in [1.165, 1.54) is 5.56 Å². The van der Waals surface area contributed by atoms with Crippen molar-refractivity contribution in [2.24, 2.45) is 0 Å². The van der Waals surface area contributed by atoms with E-state index in [1.54, 1.807) is 13.3 Å². The van der Waals surface area contributed by atoms with Crippen molar-refractivity contribution in [1.82, 2.24) is 15.2 Å². The second kappa shape index (κ2) is 9.34. The van der Waals surface area contributed by atoms with E-state index in [9.17, 15) is 4.79 Å². The van der Waals surface area contributed by atoms with Crippen molar-refractivity contribution < 1.29 is 9.53 Å². The average molecular weight is 353 g/mol. The summed E-state index contributed by atoms with van der Waals surface area (Å²) >= 11 is 0. The third kappa shape index (κ3) is 5.30. The molecule has 2 heterocycles. The summed E-state index contributed by atoms with van der Waals surface area (Å²) in [4.78, 5) is 18.9. The van der Waals surface area contributed by atoms with Crippen molar-refractivity contribution >= 4 is 5.91 Å². The molecule has 138 valence electrons. The molecule has 5 nitrogen and oxygen atoms in total. The minimum absolute atomic E-state index is 0.115. The first-order valence-electron chi connectivity index (χ1n) is 9.27. The highest BCUT2D eigenvalue weighted by atomic mass is 16.5. The highest BCUT2D eigenvalue weighted by Gasteiger charge is 2.21. The van der Waals surface area contributed by atoms with Crippen LogP contribution in [0.15, 0.2) is 48.8 Å². The van der Waals surface area contributed by atoms with E-state index >= 15 is 0 Å². The van der Waals surface area contributed by atoms with Crippen molar-refractivity contribution in [2.45, 2.75) is 38.3 Å². The van der Waals surface area contributed by atoms with E-state index in [2.05, 4.69) is 21.3 Å². The van der Waals surface area contributed by atoms with Crippen molar-refractivity contribution in [3.05, 3.63) is 59.9 Å². The van der Waals surface area contributed by atoms with E-state index < -0.39 is 0 Å². The van der Waals surface area contributed by atoms with Crippen molar-refractivity contribution in [2.75, 3.05) is 20.2 Å². The third-order valence-electron chi connectivity index (χ3n) is 4.81. The van der Waals surface area contributed by atoms with Crippen LogP contribution < -0.4 is 10.1 Å². The Morgan fingerprint density at radius 3 is 3.00 bits per heavy atom. The number of carbonyl (C=O) groups excluding carboxylic acids is 1. The van der Waals surface area contributed by atoms with Crippen molar-refractivity contribution in [3.8, 4) is 5.75 Å². The Balaban J connectivity index is 1.46. The molecule has 1 amide bonds. The molecule has 0 saturated carbocycles. The van der Waals surface area contributed by atoms with Crippen LogP contribution in [0.1, 0.15) is 30.4 Å². The summed E-state index contributed by atoms with van der Waals surface area (Å²) in [6.07, 6.45) is 7.04. The Hall–Kier alpha value is -2.40. The van der Waals surface area contributed by atoms with Gasteiger partial charge in [0.2, 0.25) is 5.91 Å². The molecule has 1 aliphatic heterocycles. The number of pyridine rings is 1. The number of para-hydroxylation sites is 1. The van der Waals surface area contributed by atoms with E-state index in [0.29, 0.717) is 12.8 Å². The lowest BCUT2D eigenvalue weighted by molar-refractivity contribution is -0.122. The topological polar surface area (TPSA) is 54.5 Å². The first-order chi connectivity index (χ1) is 12.7. The number of ether oxygens (including phenoxy) is 1. The van der Waals surface area contributed by atoms with Gasteiger partial charge in [-0.3, -0.25) is 14.7 Å². The highest BCUT2D eigenvalue weighted by Crippen LogP contribution is 2.19. The van der Waals surface area contributed by atoms with Gasteiger partial charge in [-0.15, -0.1) is 0 Å². The molecule has 1 aliphatic rings. The van der Waals surface area contributed by atoms with Gasteiger partial charge in [0.15, 0.2) is 0 Å². The summed E-state index contributed by atoms with van der Waals surface area (Å²) in [7, 11) is 1.66. The van der Waals surface area contributed by atoms with Gasteiger partial charge in [-0.05, 0) is 49.1 Å². The summed E-state index contributed by atoms with van der Waals surface area (Å²) in [5.41, 5.74) is 2.29. The van der Waals surface area contributed by atoms with Crippen LogP contribution >= 0.6 is 0 Å². The number of aromatic nitrogens is 1. The number of aryl methyl sites for hydroxylation is 1. The fourth-order valence-electron chi connectivity index (χ4n) is 3.52. The number of hydrogen-bond donors (Lipinski definition) is 1. The van der Waals surface area contributed by atoms with E-state index in [-0.39, 0.29) is 11.9 Å². The minimum atomic E-state index is 0.115. The molecule has 0 spiro atoms. The molecule has 1 fully saturated rings. The number of piperidine rings is 1. The SMILES string of the molecule is COc1ccccc1CCC(=O)N[C@@H]1CCCN(Cc2cccnc2)C1. The highest BCUT2D eigenvalue weighted by molar-refractivity contribution is 5.76. The maximum atomic E-state index is 12.4. The molecule has 1 aromatic heterocycles. The summed E-state index contributed by atoms with van der Waals surface area (Å²) in [5.74, 6) is 0.963. The predicted octanol–water partition coefficient (Wildman–Crippen LogP) is 2.80. The number of methoxy groups -OCH3 is 1. The zero-order valence-electron chi connectivity index (χ0n) is 15.4. The van der Waals surface area contributed by atoms with Gasteiger partial charge in [0.05, 0.1) is 7.11 Å². The van der Waals surface area contributed by atoms with Crippen LogP contribution in [-0.4, -0.2) is 42.0 Å². The molecule has 1 saturated heterocycles. The number of benzene rings is 1. The molecule has 5 heteroatoms. The molecule has 1 aromatic carbocycles. The Kier molecular flexibility index (Phi) is 6.61. The molecule has 0 unspecified atom stereocenters. The largest absolute Gasteiger partial charge is 0.496 e. The smallest absolute Gasteiger partial charge is 0.220 e. The summed E-state index contributed by atoms with van der Waals surface area (Å²) in [5, 5.41) is 3.21. The maximum Gasteiger partial charge on any atom is 0.220 e. The van der Waals surface area contributed by atoms with E-state index in [4.69, 9.17) is 4.74 Å². The third-order valence-corrected chi connectivity index (χ3v) is 4.81. The lowest BCUT2D eigenvalue weighted by Crippen LogP contribution is -2.47. The molecular formula is C21H27N3O2. The molecule has 1 N–H and O–H groups in total. The zero-order chi connectivity index (χ0) is 18.2. The lowest BCUT2D eigenvalue weighted by Gasteiger charge is -2.33. The molecule has 2 aromatic rings. The summed E-state index contributed by atoms with van der Waals surface area (Å²) in [6.45, 7) is 2.86.